The second-order valence-electron chi connectivity index (χ2n) is 4.75. The van der Waals surface area contributed by atoms with Gasteiger partial charge in [-0.1, -0.05) is 23.8 Å². The van der Waals surface area contributed by atoms with Crippen molar-refractivity contribution in [1.82, 2.24) is 9.38 Å². The van der Waals surface area contributed by atoms with Gasteiger partial charge < -0.3 is 5.73 Å². The number of rotatable bonds is 1. The Labute approximate surface area is 120 Å². The molecule has 0 aliphatic rings. The van der Waals surface area contributed by atoms with Crippen LogP contribution in [0, 0.1) is 13.8 Å². The average Bonchev–Trinajstić information content (AvgIpc) is 2.68. The number of pyridine rings is 1. The van der Waals surface area contributed by atoms with Crippen LogP contribution in [0.1, 0.15) is 11.1 Å². The number of benzene rings is 1. The molecule has 0 spiro atoms. The summed E-state index contributed by atoms with van der Waals surface area (Å²) in [5.41, 5.74) is 11.3. The molecule has 0 radical (unpaired) electrons. The van der Waals surface area contributed by atoms with Crippen LogP contribution in [0.5, 0.6) is 0 Å². The van der Waals surface area contributed by atoms with Crippen molar-refractivity contribution < 1.29 is 0 Å². The van der Waals surface area contributed by atoms with Crippen LogP contribution in [-0.2, 0) is 0 Å². The second kappa shape index (κ2) is 4.38. The molecule has 0 unspecified atom stereocenters. The molecule has 0 aliphatic heterocycles. The van der Waals surface area contributed by atoms with E-state index < -0.39 is 0 Å². The molecule has 2 aromatic heterocycles. The Hall–Kier alpha value is -1.81. The number of anilines is 1. The van der Waals surface area contributed by atoms with Gasteiger partial charge in [-0.2, -0.15) is 0 Å². The van der Waals surface area contributed by atoms with Gasteiger partial charge in [-0.25, -0.2) is 4.98 Å². The van der Waals surface area contributed by atoms with E-state index in [4.69, 9.17) is 5.73 Å². The molecule has 0 bridgehead atoms. The van der Waals surface area contributed by atoms with E-state index in [2.05, 4.69) is 40.0 Å². The first-order valence-corrected chi connectivity index (χ1v) is 6.86. The van der Waals surface area contributed by atoms with Gasteiger partial charge in [-0.05, 0) is 47.5 Å². The summed E-state index contributed by atoms with van der Waals surface area (Å²) in [6.07, 6.45) is 1.96. The third kappa shape index (κ3) is 2.02. The molecule has 2 N–H and O–H groups in total. The van der Waals surface area contributed by atoms with Crippen molar-refractivity contribution >= 4 is 27.4 Å². The average molecular weight is 316 g/mol. The highest BCUT2D eigenvalue weighted by Crippen LogP contribution is 2.29. The van der Waals surface area contributed by atoms with Crippen LogP contribution in [0.4, 0.5) is 5.82 Å². The lowest BCUT2D eigenvalue weighted by Gasteiger charge is -2.02. The Morgan fingerprint density at radius 3 is 2.74 bits per heavy atom. The van der Waals surface area contributed by atoms with Gasteiger partial charge in [0, 0.05) is 16.2 Å². The normalized spacial score (nSPS) is 11.1. The zero-order chi connectivity index (χ0) is 13.6. The van der Waals surface area contributed by atoms with Crippen molar-refractivity contribution in [3.8, 4) is 11.3 Å². The highest BCUT2D eigenvalue weighted by molar-refractivity contribution is 9.10. The third-order valence-corrected chi connectivity index (χ3v) is 4.06. The smallest absolute Gasteiger partial charge is 0.139 e. The number of halogens is 1. The second-order valence-corrected chi connectivity index (χ2v) is 5.60. The molecule has 96 valence electrons. The molecular weight excluding hydrogens is 302 g/mol. The number of nitrogens with two attached hydrogens (primary N) is 1. The monoisotopic (exact) mass is 315 g/mol. The molecular formula is C15H14BrN3. The lowest BCUT2D eigenvalue weighted by Crippen LogP contribution is -1.95. The number of imidazole rings is 1. The van der Waals surface area contributed by atoms with Crippen molar-refractivity contribution in [2.24, 2.45) is 0 Å². The lowest BCUT2D eigenvalue weighted by atomic mass is 10.1. The maximum atomic E-state index is 6.22. The molecule has 0 amide bonds. The molecule has 3 aromatic rings. The van der Waals surface area contributed by atoms with Gasteiger partial charge in [0.05, 0.1) is 0 Å². The fourth-order valence-corrected chi connectivity index (χ4v) is 2.50. The van der Waals surface area contributed by atoms with Crippen molar-refractivity contribution in [2.75, 3.05) is 5.73 Å². The van der Waals surface area contributed by atoms with Crippen LogP contribution in [0.2, 0.25) is 0 Å². The molecule has 19 heavy (non-hydrogen) atoms. The van der Waals surface area contributed by atoms with Gasteiger partial charge in [-0.15, -0.1) is 0 Å². The van der Waals surface area contributed by atoms with E-state index in [1.165, 1.54) is 5.56 Å². The number of aromatic nitrogens is 2. The standard InChI is InChI=1S/C15H14BrN3/c1-9-4-3-5-11(6-9)14-15(17)19-8-12(16)10(2)7-13(19)18-14/h3-8H,17H2,1-2H3. The highest BCUT2D eigenvalue weighted by Gasteiger charge is 2.12. The maximum absolute atomic E-state index is 6.22. The van der Waals surface area contributed by atoms with Crippen LogP contribution in [0.15, 0.2) is 41.0 Å². The quantitative estimate of drug-likeness (QED) is 0.738. The van der Waals surface area contributed by atoms with E-state index in [0.29, 0.717) is 5.82 Å². The van der Waals surface area contributed by atoms with Gasteiger partial charge in [0.15, 0.2) is 0 Å². The van der Waals surface area contributed by atoms with Crippen LogP contribution in [0.25, 0.3) is 16.9 Å². The Kier molecular flexibility index (Phi) is 2.82. The first kappa shape index (κ1) is 12.2. The Morgan fingerprint density at radius 2 is 2.00 bits per heavy atom. The third-order valence-electron chi connectivity index (χ3n) is 3.23. The van der Waals surface area contributed by atoms with Crippen LogP contribution in [0.3, 0.4) is 0 Å². The van der Waals surface area contributed by atoms with Gasteiger partial charge >= 0.3 is 0 Å². The number of nitrogen functional groups attached to an aromatic ring is 1. The molecule has 3 nitrogen and oxygen atoms in total. The minimum atomic E-state index is 0.668. The zero-order valence-electron chi connectivity index (χ0n) is 10.8. The van der Waals surface area contributed by atoms with E-state index in [0.717, 1.165) is 26.9 Å². The van der Waals surface area contributed by atoms with E-state index in [1.54, 1.807) is 0 Å². The summed E-state index contributed by atoms with van der Waals surface area (Å²) < 4.78 is 2.94. The molecule has 0 saturated carbocycles. The van der Waals surface area contributed by atoms with Crippen molar-refractivity contribution in [3.05, 3.63) is 52.1 Å². The first-order valence-electron chi connectivity index (χ1n) is 6.07. The Bertz CT molecular complexity index is 774. The van der Waals surface area contributed by atoms with Crippen molar-refractivity contribution in [3.63, 3.8) is 0 Å². The number of aryl methyl sites for hydroxylation is 2. The number of hydrogen-bond donors (Lipinski definition) is 1. The molecule has 4 heteroatoms. The van der Waals surface area contributed by atoms with Crippen LogP contribution in [-0.4, -0.2) is 9.38 Å². The van der Waals surface area contributed by atoms with Gasteiger partial charge in [0.2, 0.25) is 0 Å². The summed E-state index contributed by atoms with van der Waals surface area (Å²) in [7, 11) is 0. The Balaban J connectivity index is 2.28. The van der Waals surface area contributed by atoms with Gasteiger partial charge in [0.25, 0.3) is 0 Å². The molecule has 2 heterocycles. The summed E-state index contributed by atoms with van der Waals surface area (Å²) in [6, 6.07) is 10.2. The van der Waals surface area contributed by atoms with E-state index in [-0.39, 0.29) is 0 Å². The van der Waals surface area contributed by atoms with E-state index >= 15 is 0 Å². The number of nitrogens with zero attached hydrogens (tertiary/aromatic N) is 2. The topological polar surface area (TPSA) is 43.3 Å². The molecule has 0 atom stereocenters. The largest absolute Gasteiger partial charge is 0.383 e. The minimum Gasteiger partial charge on any atom is -0.383 e. The summed E-state index contributed by atoms with van der Waals surface area (Å²) in [5.74, 6) is 0.668. The fourth-order valence-electron chi connectivity index (χ4n) is 2.18. The Morgan fingerprint density at radius 1 is 1.21 bits per heavy atom. The number of hydrogen-bond acceptors (Lipinski definition) is 2. The molecule has 0 fully saturated rings. The van der Waals surface area contributed by atoms with Gasteiger partial charge in [0.1, 0.15) is 17.2 Å². The SMILES string of the molecule is Cc1cccc(-c2nc3cc(C)c(Br)cn3c2N)c1. The highest BCUT2D eigenvalue weighted by atomic mass is 79.9. The molecule has 1 aromatic carbocycles. The minimum absolute atomic E-state index is 0.668. The van der Waals surface area contributed by atoms with Gasteiger partial charge in [-0.3, -0.25) is 4.40 Å². The van der Waals surface area contributed by atoms with Crippen molar-refractivity contribution in [1.29, 1.82) is 0 Å². The lowest BCUT2D eigenvalue weighted by molar-refractivity contribution is 1.16. The van der Waals surface area contributed by atoms with Crippen LogP contribution < -0.4 is 5.73 Å². The zero-order valence-corrected chi connectivity index (χ0v) is 12.4. The summed E-state index contributed by atoms with van der Waals surface area (Å²) in [5, 5.41) is 0. The predicted molar refractivity (Wildman–Crippen MR) is 82.2 cm³/mol. The molecule has 0 saturated heterocycles. The molecule has 0 aliphatic carbocycles. The van der Waals surface area contributed by atoms with Crippen molar-refractivity contribution in [2.45, 2.75) is 13.8 Å². The predicted octanol–water partition coefficient (Wildman–Crippen LogP) is 3.96. The van der Waals surface area contributed by atoms with E-state index in [1.807, 2.05) is 35.7 Å². The van der Waals surface area contributed by atoms with Crippen LogP contribution >= 0.6 is 15.9 Å². The van der Waals surface area contributed by atoms with E-state index in [9.17, 15) is 0 Å². The maximum Gasteiger partial charge on any atom is 0.139 e. The molecule has 3 rings (SSSR count). The first-order chi connectivity index (χ1) is 9.06. The summed E-state index contributed by atoms with van der Waals surface area (Å²) in [6.45, 7) is 4.11. The number of fused-ring (bicyclic) bond motifs is 1. The summed E-state index contributed by atoms with van der Waals surface area (Å²) >= 11 is 3.52. The summed E-state index contributed by atoms with van der Waals surface area (Å²) in [4.78, 5) is 4.64. The fraction of sp³-hybridized carbons (Fsp3) is 0.133.